The number of aliphatic hydroxyl groups is 2. The maximum Gasteiger partial charge on any atom is 0.121 e. The van der Waals surface area contributed by atoms with Gasteiger partial charge < -0.3 is 30.1 Å². The van der Waals surface area contributed by atoms with E-state index in [0.717, 1.165) is 37.8 Å². The smallest absolute Gasteiger partial charge is 0.121 e. The lowest BCUT2D eigenvalue weighted by molar-refractivity contribution is 0.0393. The summed E-state index contributed by atoms with van der Waals surface area (Å²) in [5.41, 5.74) is 1.97. The summed E-state index contributed by atoms with van der Waals surface area (Å²) >= 11 is 12.0. The molecule has 0 radical (unpaired) electrons. The van der Waals surface area contributed by atoms with Gasteiger partial charge in [0, 0.05) is 28.8 Å². The normalized spacial score (nSPS) is 12.2. The summed E-state index contributed by atoms with van der Waals surface area (Å²) < 4.78 is 11.2. The number of halogens is 2. The Morgan fingerprint density at radius 3 is 2.47 bits per heavy atom. The third-order valence-corrected chi connectivity index (χ3v) is 5.63. The van der Waals surface area contributed by atoms with Crippen molar-refractivity contribution in [3.8, 4) is 5.75 Å². The number of aromatic hydroxyl groups is 1. The van der Waals surface area contributed by atoms with Crippen LogP contribution in [-0.2, 0) is 22.7 Å². The molecule has 4 N–H and O–H groups in total. The number of aliphatic hydroxyl groups excluding tert-OH is 2. The van der Waals surface area contributed by atoms with Gasteiger partial charge in [-0.3, -0.25) is 0 Å². The molecular weight excluding hydrogens is 453 g/mol. The topological polar surface area (TPSA) is 91.2 Å². The van der Waals surface area contributed by atoms with Gasteiger partial charge in [0.15, 0.2) is 0 Å². The predicted octanol–water partition coefficient (Wildman–Crippen LogP) is 4.61. The highest BCUT2D eigenvalue weighted by molar-refractivity contribution is 6.33. The molecule has 0 heterocycles. The van der Waals surface area contributed by atoms with Crippen molar-refractivity contribution < 1.29 is 24.8 Å². The van der Waals surface area contributed by atoms with Gasteiger partial charge in [0.1, 0.15) is 5.75 Å². The summed E-state index contributed by atoms with van der Waals surface area (Å²) in [6, 6.07) is 10.1. The number of nitrogens with one attached hydrogen (secondary N) is 1. The second kappa shape index (κ2) is 15.5. The minimum atomic E-state index is -0.675. The van der Waals surface area contributed by atoms with Crippen molar-refractivity contribution in [2.24, 2.45) is 0 Å². The van der Waals surface area contributed by atoms with Gasteiger partial charge >= 0.3 is 0 Å². The molecule has 0 saturated carbocycles. The summed E-state index contributed by atoms with van der Waals surface area (Å²) in [7, 11) is 0. The number of hydrogen-bond acceptors (Lipinski definition) is 6. The lowest BCUT2D eigenvalue weighted by atomic mass is 10.1. The molecule has 0 bridgehead atoms. The summed E-state index contributed by atoms with van der Waals surface area (Å²) in [5.74, 6) is 0.0374. The highest BCUT2D eigenvalue weighted by Crippen LogP contribution is 2.22. The van der Waals surface area contributed by atoms with Gasteiger partial charge in [0.05, 0.1) is 32.5 Å². The van der Waals surface area contributed by atoms with Gasteiger partial charge in [0.25, 0.3) is 0 Å². The zero-order valence-corrected chi connectivity index (χ0v) is 19.7. The Balaban J connectivity index is 1.41. The number of phenols is 1. The molecule has 0 aliphatic rings. The van der Waals surface area contributed by atoms with E-state index < -0.39 is 6.10 Å². The molecule has 0 fully saturated rings. The standard InChI is InChI=1S/C24H33Cl2NO5/c25-21-6-7-22(26)20(14-21)17-32-12-11-31-10-4-2-1-3-9-27-15-24(30)18-5-8-23(29)19(13-18)16-28/h5-8,13-14,24,27-30H,1-4,9-12,15-17H2. The van der Waals surface area contributed by atoms with E-state index in [1.807, 2.05) is 0 Å². The van der Waals surface area contributed by atoms with Crippen LogP contribution in [0.5, 0.6) is 5.75 Å². The van der Waals surface area contributed by atoms with Gasteiger partial charge in [-0.2, -0.15) is 0 Å². The molecule has 2 rings (SSSR count). The van der Waals surface area contributed by atoms with Crippen molar-refractivity contribution in [2.75, 3.05) is 32.9 Å². The van der Waals surface area contributed by atoms with E-state index >= 15 is 0 Å². The largest absolute Gasteiger partial charge is 0.508 e. The van der Waals surface area contributed by atoms with E-state index in [-0.39, 0.29) is 12.4 Å². The quantitative estimate of drug-likeness (QED) is 0.259. The van der Waals surface area contributed by atoms with Crippen LogP contribution >= 0.6 is 23.2 Å². The zero-order chi connectivity index (χ0) is 23.2. The number of rotatable bonds is 16. The van der Waals surface area contributed by atoms with E-state index in [4.69, 9.17) is 32.7 Å². The van der Waals surface area contributed by atoms with E-state index in [9.17, 15) is 15.3 Å². The van der Waals surface area contributed by atoms with Gasteiger partial charge in [0.2, 0.25) is 0 Å². The number of hydrogen-bond donors (Lipinski definition) is 4. The third-order valence-electron chi connectivity index (χ3n) is 5.03. The van der Waals surface area contributed by atoms with Crippen LogP contribution in [0.2, 0.25) is 10.0 Å². The summed E-state index contributed by atoms with van der Waals surface area (Å²) in [5, 5.41) is 33.5. The number of ether oxygens (including phenoxy) is 2. The van der Waals surface area contributed by atoms with Crippen LogP contribution in [0.4, 0.5) is 0 Å². The van der Waals surface area contributed by atoms with Crippen molar-refractivity contribution in [1.82, 2.24) is 5.32 Å². The Hall–Kier alpha value is -1.38. The first kappa shape index (κ1) is 26.9. The van der Waals surface area contributed by atoms with Crippen LogP contribution in [0.15, 0.2) is 36.4 Å². The molecule has 0 amide bonds. The monoisotopic (exact) mass is 485 g/mol. The molecule has 1 atom stereocenters. The average molecular weight is 486 g/mol. The molecular formula is C24H33Cl2NO5. The van der Waals surface area contributed by atoms with E-state index in [1.165, 1.54) is 6.07 Å². The Kier molecular flexibility index (Phi) is 13.0. The number of unbranched alkanes of at least 4 members (excludes halogenated alkanes) is 3. The molecule has 0 aliphatic carbocycles. The minimum Gasteiger partial charge on any atom is -0.508 e. The van der Waals surface area contributed by atoms with Crippen molar-refractivity contribution in [1.29, 1.82) is 0 Å². The third kappa shape index (κ3) is 10.0. The van der Waals surface area contributed by atoms with Crippen LogP contribution in [0.3, 0.4) is 0 Å². The second-order valence-corrected chi connectivity index (χ2v) is 8.42. The summed E-state index contributed by atoms with van der Waals surface area (Å²) in [6.45, 7) is 3.18. The minimum absolute atomic E-state index is 0.0374. The Bertz CT molecular complexity index is 806. The van der Waals surface area contributed by atoms with Gasteiger partial charge in [-0.25, -0.2) is 0 Å². The molecule has 2 aromatic carbocycles. The molecule has 32 heavy (non-hydrogen) atoms. The lowest BCUT2D eigenvalue weighted by Gasteiger charge is -2.14. The van der Waals surface area contributed by atoms with Crippen molar-refractivity contribution >= 4 is 23.2 Å². The van der Waals surface area contributed by atoms with Crippen molar-refractivity contribution in [2.45, 2.75) is 45.0 Å². The Morgan fingerprint density at radius 1 is 0.875 bits per heavy atom. The van der Waals surface area contributed by atoms with Gasteiger partial charge in [-0.15, -0.1) is 0 Å². The molecule has 2 aromatic rings. The van der Waals surface area contributed by atoms with Gasteiger partial charge in [-0.05, 0) is 60.8 Å². The first-order valence-electron chi connectivity index (χ1n) is 10.9. The molecule has 178 valence electrons. The summed E-state index contributed by atoms with van der Waals surface area (Å²) in [4.78, 5) is 0. The fourth-order valence-electron chi connectivity index (χ4n) is 3.16. The van der Waals surface area contributed by atoms with Crippen LogP contribution in [0, 0.1) is 0 Å². The SMILES string of the molecule is OCc1cc(C(O)CNCCCCCCOCCOCc2cc(Cl)ccc2Cl)ccc1O. The molecule has 1 unspecified atom stereocenters. The van der Waals surface area contributed by atoms with Crippen LogP contribution < -0.4 is 5.32 Å². The Labute approximate surface area is 200 Å². The highest BCUT2D eigenvalue weighted by Gasteiger charge is 2.10. The predicted molar refractivity (Wildman–Crippen MR) is 127 cm³/mol. The first-order chi connectivity index (χ1) is 15.5. The van der Waals surface area contributed by atoms with Gasteiger partial charge in [-0.1, -0.05) is 42.1 Å². The van der Waals surface area contributed by atoms with Crippen molar-refractivity contribution in [3.63, 3.8) is 0 Å². The fraction of sp³-hybridized carbons (Fsp3) is 0.500. The van der Waals surface area contributed by atoms with Crippen LogP contribution in [0.1, 0.15) is 48.5 Å². The maximum atomic E-state index is 10.2. The lowest BCUT2D eigenvalue weighted by Crippen LogP contribution is -2.22. The van der Waals surface area contributed by atoms with E-state index in [0.29, 0.717) is 54.1 Å². The van der Waals surface area contributed by atoms with E-state index in [2.05, 4.69) is 5.32 Å². The molecule has 0 saturated heterocycles. The molecule has 0 aliphatic heterocycles. The number of benzene rings is 2. The highest BCUT2D eigenvalue weighted by atomic mass is 35.5. The van der Waals surface area contributed by atoms with Crippen LogP contribution in [-0.4, -0.2) is 48.2 Å². The first-order valence-corrected chi connectivity index (χ1v) is 11.7. The average Bonchev–Trinajstić information content (AvgIpc) is 2.79. The molecule has 8 heteroatoms. The molecule has 0 spiro atoms. The summed E-state index contributed by atoms with van der Waals surface area (Å²) in [6.07, 6.45) is 3.52. The second-order valence-electron chi connectivity index (χ2n) is 7.58. The molecule has 6 nitrogen and oxygen atoms in total. The molecule has 0 aromatic heterocycles. The Morgan fingerprint density at radius 2 is 1.66 bits per heavy atom. The zero-order valence-electron chi connectivity index (χ0n) is 18.2. The van der Waals surface area contributed by atoms with Crippen molar-refractivity contribution in [3.05, 3.63) is 63.1 Å². The maximum absolute atomic E-state index is 10.2. The van der Waals surface area contributed by atoms with Crippen LogP contribution in [0.25, 0.3) is 0 Å². The van der Waals surface area contributed by atoms with E-state index in [1.54, 1.807) is 30.3 Å². The fourth-order valence-corrected chi connectivity index (χ4v) is 3.53.